The molecule has 1 aliphatic rings. The molecule has 0 aliphatic carbocycles. The van der Waals surface area contributed by atoms with Crippen LogP contribution < -0.4 is 0 Å². The molecule has 0 bridgehead atoms. The first-order valence-corrected chi connectivity index (χ1v) is 7.54. The Morgan fingerprint density at radius 1 is 1.32 bits per heavy atom. The number of hydrogen-bond acceptors (Lipinski definition) is 3. The summed E-state index contributed by atoms with van der Waals surface area (Å²) in [6.07, 6.45) is 1.05. The van der Waals surface area contributed by atoms with Gasteiger partial charge in [0.25, 0.3) is 0 Å². The average Bonchev–Trinajstić information content (AvgIpc) is 2.45. The van der Waals surface area contributed by atoms with E-state index in [4.69, 9.17) is 4.74 Å². The summed E-state index contributed by atoms with van der Waals surface area (Å²) in [5, 5.41) is 0. The van der Waals surface area contributed by atoms with Gasteiger partial charge < -0.3 is 9.64 Å². The van der Waals surface area contributed by atoms with Crippen molar-refractivity contribution in [2.75, 3.05) is 13.1 Å². The van der Waals surface area contributed by atoms with Gasteiger partial charge in [0, 0.05) is 24.6 Å². The van der Waals surface area contributed by atoms with Crippen LogP contribution in [0.3, 0.4) is 0 Å². The molecule has 0 aromatic heterocycles. The molecule has 1 fully saturated rings. The number of benzene rings is 1. The van der Waals surface area contributed by atoms with Crippen molar-refractivity contribution in [2.24, 2.45) is 5.92 Å². The van der Waals surface area contributed by atoms with Gasteiger partial charge in [0.2, 0.25) is 0 Å². The number of amides is 1. The molecule has 1 amide bonds. The number of nitrogens with zero attached hydrogens (tertiary/aromatic N) is 1. The van der Waals surface area contributed by atoms with Crippen molar-refractivity contribution in [1.29, 1.82) is 0 Å². The fourth-order valence-electron chi connectivity index (χ4n) is 2.56. The van der Waals surface area contributed by atoms with Gasteiger partial charge in [-0.25, -0.2) is 9.18 Å². The predicted molar refractivity (Wildman–Crippen MR) is 81.3 cm³/mol. The lowest BCUT2D eigenvalue weighted by atomic mass is 9.90. The third-order valence-corrected chi connectivity index (χ3v) is 3.55. The van der Waals surface area contributed by atoms with Crippen molar-refractivity contribution in [3.05, 3.63) is 35.6 Å². The Labute approximate surface area is 130 Å². The molecule has 5 heteroatoms. The molecule has 0 N–H and O–H groups in total. The van der Waals surface area contributed by atoms with Crippen LogP contribution in [0.2, 0.25) is 0 Å². The SMILES string of the molecule is CC(C)(C)OC(=O)N1CCCC(C(=O)c2cccc(F)c2)C1. The van der Waals surface area contributed by atoms with E-state index in [9.17, 15) is 14.0 Å². The molecule has 1 unspecified atom stereocenters. The zero-order valence-electron chi connectivity index (χ0n) is 13.3. The molecule has 1 aliphatic heterocycles. The highest BCUT2D eigenvalue weighted by molar-refractivity contribution is 5.98. The molecule has 2 rings (SSSR count). The first-order valence-electron chi connectivity index (χ1n) is 7.54. The largest absolute Gasteiger partial charge is 0.444 e. The van der Waals surface area contributed by atoms with E-state index in [-0.39, 0.29) is 11.7 Å². The second-order valence-corrected chi connectivity index (χ2v) is 6.64. The van der Waals surface area contributed by atoms with Gasteiger partial charge in [-0.15, -0.1) is 0 Å². The minimum absolute atomic E-state index is 0.118. The maximum absolute atomic E-state index is 13.2. The summed E-state index contributed by atoms with van der Waals surface area (Å²) in [5.41, 5.74) is -0.201. The lowest BCUT2D eigenvalue weighted by Crippen LogP contribution is -2.44. The summed E-state index contributed by atoms with van der Waals surface area (Å²) < 4.78 is 18.6. The third kappa shape index (κ3) is 4.29. The summed E-state index contributed by atoms with van der Waals surface area (Å²) in [6.45, 7) is 6.34. The number of piperidine rings is 1. The molecule has 1 saturated heterocycles. The highest BCUT2D eigenvalue weighted by atomic mass is 19.1. The second kappa shape index (κ2) is 6.46. The van der Waals surface area contributed by atoms with Crippen LogP contribution in [0.15, 0.2) is 24.3 Å². The molecule has 1 atom stereocenters. The molecule has 22 heavy (non-hydrogen) atoms. The Hall–Kier alpha value is -1.91. The van der Waals surface area contributed by atoms with E-state index in [1.807, 2.05) is 20.8 Å². The molecule has 1 aromatic rings. The van der Waals surface area contributed by atoms with E-state index in [0.717, 1.165) is 6.42 Å². The minimum atomic E-state index is -0.559. The van der Waals surface area contributed by atoms with Gasteiger partial charge in [-0.2, -0.15) is 0 Å². The number of hydrogen-bond donors (Lipinski definition) is 0. The van der Waals surface area contributed by atoms with Gasteiger partial charge in [0.05, 0.1) is 0 Å². The fraction of sp³-hybridized carbons (Fsp3) is 0.529. The molecule has 0 radical (unpaired) electrons. The standard InChI is InChI=1S/C17H22FNO3/c1-17(2,3)22-16(21)19-9-5-7-13(11-19)15(20)12-6-4-8-14(18)10-12/h4,6,8,10,13H,5,7,9,11H2,1-3H3. The smallest absolute Gasteiger partial charge is 0.410 e. The lowest BCUT2D eigenvalue weighted by Gasteiger charge is -2.33. The summed E-state index contributed by atoms with van der Waals surface area (Å²) in [6, 6.07) is 5.69. The Morgan fingerprint density at radius 2 is 2.05 bits per heavy atom. The van der Waals surface area contributed by atoms with E-state index < -0.39 is 17.5 Å². The average molecular weight is 307 g/mol. The summed E-state index contributed by atoms with van der Waals surface area (Å²) in [7, 11) is 0. The maximum Gasteiger partial charge on any atom is 0.410 e. The van der Waals surface area contributed by atoms with Crippen LogP contribution >= 0.6 is 0 Å². The quantitative estimate of drug-likeness (QED) is 0.783. The Kier molecular flexibility index (Phi) is 4.84. The highest BCUT2D eigenvalue weighted by Gasteiger charge is 2.31. The summed E-state index contributed by atoms with van der Waals surface area (Å²) in [4.78, 5) is 26.1. The van der Waals surface area contributed by atoms with Crippen LogP contribution in [0.1, 0.15) is 44.0 Å². The number of carbonyl (C=O) groups excluding carboxylic acids is 2. The first-order chi connectivity index (χ1) is 10.3. The van der Waals surface area contributed by atoms with Gasteiger partial charge in [-0.05, 0) is 45.7 Å². The molecule has 1 aromatic carbocycles. The van der Waals surface area contributed by atoms with E-state index in [2.05, 4.69) is 0 Å². The van der Waals surface area contributed by atoms with Gasteiger partial charge in [0.15, 0.2) is 5.78 Å². The lowest BCUT2D eigenvalue weighted by molar-refractivity contribution is 0.0172. The van der Waals surface area contributed by atoms with Crippen LogP contribution in [0.4, 0.5) is 9.18 Å². The number of carbonyl (C=O) groups is 2. The number of rotatable bonds is 2. The van der Waals surface area contributed by atoms with Crippen molar-refractivity contribution in [2.45, 2.75) is 39.2 Å². The van der Waals surface area contributed by atoms with Crippen LogP contribution in [0.25, 0.3) is 0 Å². The topological polar surface area (TPSA) is 46.6 Å². The Bertz CT molecular complexity index is 565. The van der Waals surface area contributed by atoms with Crippen LogP contribution in [0, 0.1) is 11.7 Å². The summed E-state index contributed by atoms with van der Waals surface area (Å²) in [5.74, 6) is -0.846. The molecule has 0 spiro atoms. The maximum atomic E-state index is 13.2. The monoisotopic (exact) mass is 307 g/mol. The van der Waals surface area contributed by atoms with E-state index in [1.165, 1.54) is 18.2 Å². The van der Waals surface area contributed by atoms with Crippen molar-refractivity contribution >= 4 is 11.9 Å². The molecular weight excluding hydrogens is 285 g/mol. The van der Waals surface area contributed by atoms with Crippen LogP contribution in [-0.4, -0.2) is 35.5 Å². The van der Waals surface area contributed by atoms with Crippen LogP contribution in [-0.2, 0) is 4.74 Å². The first kappa shape index (κ1) is 16.5. The fourth-order valence-corrected chi connectivity index (χ4v) is 2.56. The number of likely N-dealkylation sites (tertiary alicyclic amines) is 1. The minimum Gasteiger partial charge on any atom is -0.444 e. The molecule has 120 valence electrons. The zero-order chi connectivity index (χ0) is 16.3. The van der Waals surface area contributed by atoms with Crippen molar-refractivity contribution in [1.82, 2.24) is 4.90 Å². The second-order valence-electron chi connectivity index (χ2n) is 6.64. The molecule has 1 heterocycles. The normalized spacial score (nSPS) is 18.9. The van der Waals surface area contributed by atoms with Gasteiger partial charge >= 0.3 is 6.09 Å². The number of ketones is 1. The number of halogens is 1. The van der Waals surface area contributed by atoms with E-state index in [1.54, 1.807) is 11.0 Å². The van der Waals surface area contributed by atoms with Crippen molar-refractivity contribution < 1.29 is 18.7 Å². The van der Waals surface area contributed by atoms with E-state index >= 15 is 0 Å². The van der Waals surface area contributed by atoms with Gasteiger partial charge in [-0.3, -0.25) is 4.79 Å². The third-order valence-electron chi connectivity index (χ3n) is 3.55. The molecule has 4 nitrogen and oxygen atoms in total. The molecular formula is C17H22FNO3. The van der Waals surface area contributed by atoms with Gasteiger partial charge in [-0.1, -0.05) is 12.1 Å². The van der Waals surface area contributed by atoms with Crippen molar-refractivity contribution in [3.63, 3.8) is 0 Å². The van der Waals surface area contributed by atoms with Gasteiger partial charge in [0.1, 0.15) is 11.4 Å². The molecule has 0 saturated carbocycles. The number of Topliss-reactive ketones (excluding diaryl/α,β-unsaturated/α-hetero) is 1. The van der Waals surface area contributed by atoms with E-state index in [0.29, 0.717) is 25.1 Å². The summed E-state index contributed by atoms with van der Waals surface area (Å²) >= 11 is 0. The van der Waals surface area contributed by atoms with Crippen molar-refractivity contribution in [3.8, 4) is 0 Å². The Balaban J connectivity index is 2.04. The zero-order valence-corrected chi connectivity index (χ0v) is 13.3. The Morgan fingerprint density at radius 3 is 2.68 bits per heavy atom. The highest BCUT2D eigenvalue weighted by Crippen LogP contribution is 2.23. The van der Waals surface area contributed by atoms with Crippen LogP contribution in [0.5, 0.6) is 0 Å². The predicted octanol–water partition coefficient (Wildman–Crippen LogP) is 3.66. The number of ether oxygens (including phenoxy) is 1.